The summed E-state index contributed by atoms with van der Waals surface area (Å²) in [5, 5.41) is 5.16. The maximum absolute atomic E-state index is 14.2. The topological polar surface area (TPSA) is 82.2 Å². The summed E-state index contributed by atoms with van der Waals surface area (Å²) in [6, 6.07) is 18.6. The van der Waals surface area contributed by atoms with Crippen LogP contribution in [0.1, 0.15) is 30.4 Å². The average molecular weight is 591 g/mol. The third-order valence-corrected chi connectivity index (χ3v) is 8.57. The minimum absolute atomic E-state index is 0.170. The van der Waals surface area contributed by atoms with Gasteiger partial charge in [0.25, 0.3) is 0 Å². The maximum atomic E-state index is 14.2. The first-order valence-corrected chi connectivity index (χ1v) is 14.9. The van der Waals surface area contributed by atoms with Crippen LogP contribution in [-0.4, -0.2) is 98.5 Å². The highest BCUT2D eigenvalue weighted by molar-refractivity contribution is 5.92. The van der Waals surface area contributed by atoms with Gasteiger partial charge in [0.1, 0.15) is 24.5 Å². The Hall–Kier alpha value is -3.82. The number of likely N-dealkylation sites (tertiary alicyclic amines) is 1. The molecule has 3 aromatic carbocycles. The molecule has 1 aliphatic heterocycles. The van der Waals surface area contributed by atoms with Crippen LogP contribution >= 0.6 is 0 Å². The zero-order valence-electron chi connectivity index (χ0n) is 25.6. The van der Waals surface area contributed by atoms with Crippen molar-refractivity contribution in [1.82, 2.24) is 20.0 Å². The summed E-state index contributed by atoms with van der Waals surface area (Å²) in [5.74, 6) is -1.35. The lowest BCUT2D eigenvalue weighted by molar-refractivity contribution is -0.148. The Morgan fingerprint density at radius 3 is 2.30 bits per heavy atom. The van der Waals surface area contributed by atoms with Gasteiger partial charge in [-0.2, -0.15) is 0 Å². The Morgan fingerprint density at radius 1 is 0.953 bits per heavy atom. The van der Waals surface area contributed by atoms with Crippen LogP contribution in [0.5, 0.6) is 0 Å². The molecule has 0 radical (unpaired) electrons. The van der Waals surface area contributed by atoms with Crippen LogP contribution < -0.4 is 5.32 Å². The molecule has 1 fully saturated rings. The number of hydrogen-bond acceptors (Lipinski definition) is 5. The van der Waals surface area contributed by atoms with Gasteiger partial charge in [-0.05, 0) is 66.9 Å². The number of nitrogens with one attached hydrogen (secondary N) is 1. The van der Waals surface area contributed by atoms with E-state index in [0.717, 1.165) is 47.7 Å². The van der Waals surface area contributed by atoms with Gasteiger partial charge in [0.2, 0.25) is 17.7 Å². The molecule has 1 aliphatic rings. The molecule has 2 unspecified atom stereocenters. The summed E-state index contributed by atoms with van der Waals surface area (Å²) in [4.78, 5) is 46.0. The van der Waals surface area contributed by atoms with Gasteiger partial charge in [-0.3, -0.25) is 14.4 Å². The van der Waals surface area contributed by atoms with Crippen LogP contribution in [0.3, 0.4) is 0 Å². The Labute approximate surface area is 253 Å². The second-order valence-corrected chi connectivity index (χ2v) is 11.5. The van der Waals surface area contributed by atoms with Crippen LogP contribution in [0.2, 0.25) is 0 Å². The van der Waals surface area contributed by atoms with Crippen molar-refractivity contribution in [3.63, 3.8) is 0 Å². The summed E-state index contributed by atoms with van der Waals surface area (Å²) in [7, 11) is 6.72. The van der Waals surface area contributed by atoms with Crippen molar-refractivity contribution in [3.05, 3.63) is 83.7 Å². The number of hydrogen-bond donors (Lipinski definition) is 1. The Balaban J connectivity index is 1.58. The molecular weight excluding hydrogens is 547 g/mol. The van der Waals surface area contributed by atoms with E-state index >= 15 is 0 Å². The van der Waals surface area contributed by atoms with Gasteiger partial charge < -0.3 is 24.8 Å². The Morgan fingerprint density at radius 2 is 1.63 bits per heavy atom. The van der Waals surface area contributed by atoms with Crippen LogP contribution in [0, 0.1) is 5.82 Å². The first-order chi connectivity index (χ1) is 20.7. The zero-order valence-corrected chi connectivity index (χ0v) is 25.6. The van der Waals surface area contributed by atoms with E-state index in [9.17, 15) is 18.8 Å². The van der Waals surface area contributed by atoms with Crippen LogP contribution in [-0.2, 0) is 32.0 Å². The van der Waals surface area contributed by atoms with E-state index < -0.39 is 12.1 Å². The van der Waals surface area contributed by atoms with E-state index in [2.05, 4.69) is 17.3 Å². The van der Waals surface area contributed by atoms with Crippen molar-refractivity contribution in [2.24, 2.45) is 0 Å². The lowest BCUT2D eigenvalue weighted by Crippen LogP contribution is -2.56. The number of nitrogens with zero attached hydrogens (tertiary/aromatic N) is 3. The molecule has 0 aliphatic carbocycles. The number of methoxy groups -OCH3 is 1. The first-order valence-electron chi connectivity index (χ1n) is 14.9. The number of benzene rings is 3. The van der Waals surface area contributed by atoms with Crippen molar-refractivity contribution >= 4 is 28.5 Å². The monoisotopic (exact) mass is 590 g/mol. The summed E-state index contributed by atoms with van der Waals surface area (Å²) in [6.45, 7) is 1.37. The number of likely N-dealkylation sites (N-methyl/N-ethyl adjacent to an activating group) is 2. The van der Waals surface area contributed by atoms with Gasteiger partial charge >= 0.3 is 0 Å². The van der Waals surface area contributed by atoms with Gasteiger partial charge in [0.15, 0.2) is 0 Å². The highest BCUT2D eigenvalue weighted by atomic mass is 19.1. The molecule has 230 valence electrons. The number of carbonyl (C=O) groups excluding carboxylic acids is 3. The van der Waals surface area contributed by atoms with Gasteiger partial charge in [-0.1, -0.05) is 54.6 Å². The predicted octanol–water partition coefficient (Wildman–Crippen LogP) is 3.67. The molecule has 8 nitrogen and oxygen atoms in total. The summed E-state index contributed by atoms with van der Waals surface area (Å²) >= 11 is 0. The number of rotatable bonds is 13. The summed E-state index contributed by atoms with van der Waals surface area (Å²) < 4.78 is 18.7. The molecule has 0 aromatic heterocycles. The smallest absolute Gasteiger partial charge is 0.248 e. The zero-order chi connectivity index (χ0) is 30.9. The van der Waals surface area contributed by atoms with Gasteiger partial charge in [0.05, 0.1) is 0 Å². The molecule has 1 heterocycles. The first kappa shape index (κ1) is 32.1. The molecule has 3 amide bonds. The highest BCUT2D eigenvalue weighted by Gasteiger charge is 2.35. The van der Waals surface area contributed by atoms with E-state index in [-0.39, 0.29) is 43.0 Å². The highest BCUT2D eigenvalue weighted by Crippen LogP contribution is 2.21. The molecular formula is C34H43FN4O4. The third-order valence-electron chi connectivity index (χ3n) is 8.57. The minimum Gasteiger partial charge on any atom is -0.375 e. The summed E-state index contributed by atoms with van der Waals surface area (Å²) in [6.07, 6.45) is 3.53. The van der Waals surface area contributed by atoms with E-state index in [1.165, 1.54) is 29.0 Å². The Kier molecular flexibility index (Phi) is 11.3. The molecule has 1 saturated heterocycles. The van der Waals surface area contributed by atoms with Gasteiger partial charge in [-0.15, -0.1) is 0 Å². The second kappa shape index (κ2) is 15.1. The lowest BCUT2D eigenvalue weighted by atomic mass is 9.98. The quantitative estimate of drug-likeness (QED) is 0.329. The Bertz CT molecular complexity index is 1400. The fourth-order valence-electron chi connectivity index (χ4n) is 5.84. The number of ether oxygens (including phenoxy) is 1. The lowest BCUT2D eigenvalue weighted by Gasteiger charge is -2.34. The van der Waals surface area contributed by atoms with Crippen molar-refractivity contribution in [2.45, 2.75) is 50.2 Å². The van der Waals surface area contributed by atoms with E-state index in [1.54, 1.807) is 26.2 Å². The third kappa shape index (κ3) is 8.39. The molecule has 3 atom stereocenters. The molecule has 1 N–H and O–H groups in total. The van der Waals surface area contributed by atoms with Crippen molar-refractivity contribution < 1.29 is 23.5 Å². The van der Waals surface area contributed by atoms with E-state index in [0.29, 0.717) is 12.6 Å². The largest absolute Gasteiger partial charge is 0.375 e. The molecule has 0 bridgehead atoms. The normalized spacial score (nSPS) is 16.5. The van der Waals surface area contributed by atoms with Crippen molar-refractivity contribution in [2.75, 3.05) is 47.9 Å². The second-order valence-electron chi connectivity index (χ2n) is 11.5. The van der Waals surface area contributed by atoms with Crippen molar-refractivity contribution in [1.29, 1.82) is 0 Å². The van der Waals surface area contributed by atoms with Crippen molar-refractivity contribution in [3.8, 4) is 0 Å². The molecule has 9 heteroatoms. The maximum Gasteiger partial charge on any atom is 0.248 e. The minimum atomic E-state index is -0.871. The molecule has 43 heavy (non-hydrogen) atoms. The SMILES string of the molecule is COCC(=O)N(C)[C@H](Cc1ccc2ccccc2c1)C(=O)N(C)C(Cc1ccc(F)cc1)C(=O)NCCC1CCCN1C. The average Bonchev–Trinajstić information content (AvgIpc) is 3.42. The number of halogens is 1. The summed E-state index contributed by atoms with van der Waals surface area (Å²) in [5.41, 5.74) is 1.62. The fraction of sp³-hybridized carbons (Fsp3) is 0.441. The van der Waals surface area contributed by atoms with Gasteiger partial charge in [-0.25, -0.2) is 4.39 Å². The fourth-order valence-corrected chi connectivity index (χ4v) is 5.84. The van der Waals surface area contributed by atoms with E-state index in [1.807, 2.05) is 42.5 Å². The number of carbonyl (C=O) groups is 3. The molecule has 0 saturated carbocycles. The van der Waals surface area contributed by atoms with Gasteiger partial charge in [0, 0.05) is 46.6 Å². The molecule has 0 spiro atoms. The predicted molar refractivity (Wildman–Crippen MR) is 166 cm³/mol. The standard InChI is InChI=1S/C34H43FN4O4/c1-37-19-7-10-29(37)17-18-36-33(41)30(21-24-12-15-28(35)16-13-24)39(3)34(42)31(38(2)32(40)23-43-4)22-25-11-14-26-8-5-6-9-27(26)20-25/h5-6,8-9,11-16,20,29-31H,7,10,17-19,21-23H2,1-4H3,(H,36,41)/t29?,30?,31-/m1/s1. The molecule has 4 rings (SSSR count). The van der Waals surface area contributed by atoms with Crippen LogP contribution in [0.25, 0.3) is 10.8 Å². The number of amides is 3. The van der Waals surface area contributed by atoms with Crippen LogP contribution in [0.15, 0.2) is 66.7 Å². The molecule has 3 aromatic rings. The van der Waals surface area contributed by atoms with Crippen LogP contribution in [0.4, 0.5) is 4.39 Å². The van der Waals surface area contributed by atoms with E-state index in [4.69, 9.17) is 4.74 Å². The number of fused-ring (bicyclic) bond motifs is 1.